The van der Waals surface area contributed by atoms with E-state index in [1.165, 1.54) is 28.9 Å². The SMILES string of the molecule is O=C(c1nn(-c2ccc(F)cc2)cc1OCc1ccc(F)cc1)N1CCOCC1. The van der Waals surface area contributed by atoms with E-state index in [0.717, 1.165) is 5.56 Å². The van der Waals surface area contributed by atoms with Crippen molar-refractivity contribution in [2.75, 3.05) is 26.3 Å². The van der Waals surface area contributed by atoms with Crippen LogP contribution in [0.3, 0.4) is 0 Å². The minimum absolute atomic E-state index is 0.152. The molecule has 8 heteroatoms. The summed E-state index contributed by atoms with van der Waals surface area (Å²) < 4.78 is 39.0. The summed E-state index contributed by atoms with van der Waals surface area (Å²) in [6, 6.07) is 11.7. The van der Waals surface area contributed by atoms with Crippen LogP contribution in [0.1, 0.15) is 16.1 Å². The molecule has 3 aromatic rings. The minimum atomic E-state index is -0.363. The first kappa shape index (κ1) is 19.1. The Kier molecular flexibility index (Phi) is 5.53. The van der Waals surface area contributed by atoms with Crippen molar-refractivity contribution < 1.29 is 23.0 Å². The number of rotatable bonds is 5. The maximum atomic E-state index is 13.2. The molecule has 1 saturated heterocycles. The second-order valence-corrected chi connectivity index (χ2v) is 6.58. The molecule has 0 atom stereocenters. The number of morpholine rings is 1. The van der Waals surface area contributed by atoms with Crippen LogP contribution in [-0.2, 0) is 11.3 Å². The maximum absolute atomic E-state index is 13.2. The number of hydrogen-bond acceptors (Lipinski definition) is 4. The number of carbonyl (C=O) groups excluding carboxylic acids is 1. The first-order valence-electron chi connectivity index (χ1n) is 9.20. The lowest BCUT2D eigenvalue weighted by Gasteiger charge is -2.26. The highest BCUT2D eigenvalue weighted by Gasteiger charge is 2.25. The van der Waals surface area contributed by atoms with Crippen LogP contribution in [0.5, 0.6) is 5.75 Å². The number of hydrogen-bond donors (Lipinski definition) is 0. The van der Waals surface area contributed by atoms with Gasteiger partial charge in [0, 0.05) is 13.1 Å². The van der Waals surface area contributed by atoms with Gasteiger partial charge in [-0.15, -0.1) is 0 Å². The van der Waals surface area contributed by atoms with E-state index >= 15 is 0 Å². The molecule has 1 aliphatic heterocycles. The van der Waals surface area contributed by atoms with Gasteiger partial charge < -0.3 is 14.4 Å². The van der Waals surface area contributed by atoms with Gasteiger partial charge >= 0.3 is 0 Å². The minimum Gasteiger partial charge on any atom is -0.485 e. The Labute approximate surface area is 166 Å². The molecule has 0 spiro atoms. The second-order valence-electron chi connectivity index (χ2n) is 6.58. The van der Waals surface area contributed by atoms with Crippen molar-refractivity contribution in [3.8, 4) is 11.4 Å². The summed E-state index contributed by atoms with van der Waals surface area (Å²) in [5.41, 5.74) is 1.52. The number of carbonyl (C=O) groups is 1. The van der Waals surface area contributed by atoms with Gasteiger partial charge in [0.25, 0.3) is 5.91 Å². The van der Waals surface area contributed by atoms with E-state index in [1.807, 2.05) is 0 Å². The Bertz CT molecular complexity index is 981. The van der Waals surface area contributed by atoms with Crippen LogP contribution in [0.25, 0.3) is 5.69 Å². The number of ether oxygens (including phenoxy) is 2. The molecule has 0 N–H and O–H groups in total. The zero-order chi connectivity index (χ0) is 20.2. The summed E-state index contributed by atoms with van der Waals surface area (Å²) in [7, 11) is 0. The summed E-state index contributed by atoms with van der Waals surface area (Å²) in [6.07, 6.45) is 1.59. The van der Waals surface area contributed by atoms with Crippen LogP contribution < -0.4 is 4.74 Å². The predicted molar refractivity (Wildman–Crippen MR) is 101 cm³/mol. The average molecular weight is 399 g/mol. The van der Waals surface area contributed by atoms with Crippen molar-refractivity contribution in [2.45, 2.75) is 6.61 Å². The normalized spacial score (nSPS) is 14.1. The van der Waals surface area contributed by atoms with Gasteiger partial charge in [-0.1, -0.05) is 12.1 Å². The molecule has 2 aromatic carbocycles. The molecule has 1 fully saturated rings. The fourth-order valence-corrected chi connectivity index (χ4v) is 3.00. The highest BCUT2D eigenvalue weighted by Crippen LogP contribution is 2.23. The van der Waals surface area contributed by atoms with E-state index in [-0.39, 0.29) is 29.8 Å². The molecule has 29 heavy (non-hydrogen) atoms. The van der Waals surface area contributed by atoms with Gasteiger partial charge in [0.2, 0.25) is 0 Å². The van der Waals surface area contributed by atoms with Crippen LogP contribution in [0.2, 0.25) is 0 Å². The van der Waals surface area contributed by atoms with Crippen molar-refractivity contribution in [1.82, 2.24) is 14.7 Å². The van der Waals surface area contributed by atoms with Crippen LogP contribution in [0, 0.1) is 11.6 Å². The quantitative estimate of drug-likeness (QED) is 0.661. The number of amides is 1. The highest BCUT2D eigenvalue weighted by molar-refractivity contribution is 5.95. The molecule has 1 amide bonds. The summed E-state index contributed by atoms with van der Waals surface area (Å²) >= 11 is 0. The molecular weight excluding hydrogens is 380 g/mol. The Morgan fingerprint density at radius 1 is 1.00 bits per heavy atom. The summed E-state index contributed by atoms with van der Waals surface area (Å²) in [5, 5.41) is 4.39. The number of halogens is 2. The third-order valence-electron chi connectivity index (χ3n) is 4.58. The van der Waals surface area contributed by atoms with E-state index in [1.54, 1.807) is 35.4 Å². The smallest absolute Gasteiger partial charge is 0.278 e. The summed E-state index contributed by atoms with van der Waals surface area (Å²) in [4.78, 5) is 14.6. The summed E-state index contributed by atoms with van der Waals surface area (Å²) in [6.45, 7) is 2.03. The van der Waals surface area contributed by atoms with Gasteiger partial charge in [-0.3, -0.25) is 4.79 Å². The molecular formula is C21H19F2N3O3. The average Bonchev–Trinajstić information content (AvgIpc) is 3.18. The zero-order valence-corrected chi connectivity index (χ0v) is 15.6. The van der Waals surface area contributed by atoms with E-state index in [4.69, 9.17) is 9.47 Å². The zero-order valence-electron chi connectivity index (χ0n) is 15.6. The second kappa shape index (κ2) is 8.40. The molecule has 6 nitrogen and oxygen atoms in total. The fraction of sp³-hybridized carbons (Fsp3) is 0.238. The van der Waals surface area contributed by atoms with Crippen molar-refractivity contribution in [2.24, 2.45) is 0 Å². The van der Waals surface area contributed by atoms with Gasteiger partial charge in [0.15, 0.2) is 11.4 Å². The lowest BCUT2D eigenvalue weighted by atomic mass is 10.2. The Balaban J connectivity index is 1.62. The van der Waals surface area contributed by atoms with Gasteiger partial charge in [-0.05, 0) is 42.0 Å². The predicted octanol–water partition coefficient (Wildman–Crippen LogP) is 3.20. The third-order valence-corrected chi connectivity index (χ3v) is 4.58. The Morgan fingerprint density at radius 3 is 2.28 bits per heavy atom. The van der Waals surface area contributed by atoms with Gasteiger partial charge in [0.05, 0.1) is 25.1 Å². The molecule has 2 heterocycles. The lowest BCUT2D eigenvalue weighted by Crippen LogP contribution is -2.41. The molecule has 1 aliphatic rings. The van der Waals surface area contributed by atoms with Crippen molar-refractivity contribution in [1.29, 1.82) is 0 Å². The van der Waals surface area contributed by atoms with Crippen LogP contribution in [0.4, 0.5) is 8.78 Å². The Hall–Kier alpha value is -3.26. The monoisotopic (exact) mass is 399 g/mol. The van der Waals surface area contributed by atoms with E-state index in [0.29, 0.717) is 37.7 Å². The molecule has 4 rings (SSSR count). The van der Waals surface area contributed by atoms with Crippen LogP contribution in [0.15, 0.2) is 54.7 Å². The lowest BCUT2D eigenvalue weighted by molar-refractivity contribution is 0.0296. The molecule has 0 saturated carbocycles. The standard InChI is InChI=1S/C21H19F2N3O3/c22-16-3-1-15(2-4-16)14-29-19-13-26(18-7-5-17(23)6-8-18)24-20(19)21(27)25-9-11-28-12-10-25/h1-8,13H,9-12,14H2. The molecule has 0 radical (unpaired) electrons. The van der Waals surface area contributed by atoms with Crippen molar-refractivity contribution in [3.63, 3.8) is 0 Å². The number of benzene rings is 2. The first-order valence-corrected chi connectivity index (χ1v) is 9.20. The van der Waals surface area contributed by atoms with E-state index < -0.39 is 0 Å². The van der Waals surface area contributed by atoms with Gasteiger partial charge in [-0.2, -0.15) is 5.10 Å². The number of nitrogens with zero attached hydrogens (tertiary/aromatic N) is 3. The third kappa shape index (κ3) is 4.43. The van der Waals surface area contributed by atoms with Crippen molar-refractivity contribution >= 4 is 5.91 Å². The highest BCUT2D eigenvalue weighted by atomic mass is 19.1. The van der Waals surface area contributed by atoms with E-state index in [2.05, 4.69) is 5.10 Å². The molecule has 150 valence electrons. The topological polar surface area (TPSA) is 56.6 Å². The molecule has 0 unspecified atom stereocenters. The number of aromatic nitrogens is 2. The van der Waals surface area contributed by atoms with Crippen LogP contribution >= 0.6 is 0 Å². The summed E-state index contributed by atoms with van der Waals surface area (Å²) in [5.74, 6) is -0.655. The van der Waals surface area contributed by atoms with Crippen LogP contribution in [-0.4, -0.2) is 46.9 Å². The Morgan fingerprint density at radius 2 is 1.62 bits per heavy atom. The fourth-order valence-electron chi connectivity index (χ4n) is 3.00. The van der Waals surface area contributed by atoms with Gasteiger partial charge in [0.1, 0.15) is 18.2 Å². The maximum Gasteiger partial charge on any atom is 0.278 e. The van der Waals surface area contributed by atoms with Gasteiger partial charge in [-0.25, -0.2) is 13.5 Å². The van der Waals surface area contributed by atoms with E-state index in [9.17, 15) is 13.6 Å². The first-order chi connectivity index (χ1) is 14.1. The molecule has 0 bridgehead atoms. The molecule has 1 aromatic heterocycles. The largest absolute Gasteiger partial charge is 0.485 e. The van der Waals surface area contributed by atoms with Crippen molar-refractivity contribution in [3.05, 3.63) is 77.6 Å². The molecule has 0 aliphatic carbocycles.